The number of nitrogens with one attached hydrogen (secondary N) is 1. The van der Waals surface area contributed by atoms with Crippen molar-refractivity contribution in [2.24, 2.45) is 11.8 Å². The van der Waals surface area contributed by atoms with Gasteiger partial charge in [0, 0.05) is 12.7 Å². The molecule has 2 aliphatic rings. The van der Waals surface area contributed by atoms with Gasteiger partial charge in [0.25, 0.3) is 5.91 Å². The Labute approximate surface area is 167 Å². The van der Waals surface area contributed by atoms with Gasteiger partial charge in [-0.2, -0.15) is 0 Å². The molecule has 0 radical (unpaired) electrons. The molecule has 1 aliphatic heterocycles. The quantitative estimate of drug-likeness (QED) is 0.440. The number of hydrogen-bond donors (Lipinski definition) is 1. The van der Waals surface area contributed by atoms with Gasteiger partial charge in [-0.05, 0) is 31.9 Å². The molecule has 1 N–H and O–H groups in total. The van der Waals surface area contributed by atoms with Gasteiger partial charge in [0.1, 0.15) is 0 Å². The number of rotatable bonds is 6. The first-order valence-electron chi connectivity index (χ1n) is 9.34. The molecule has 1 aromatic heterocycles. The summed E-state index contributed by atoms with van der Waals surface area (Å²) < 4.78 is 5.11. The monoisotopic (exact) mass is 407 g/mol. The number of carbonyl (C=O) groups is 4. The lowest BCUT2D eigenvalue weighted by molar-refractivity contribution is -0.154. The van der Waals surface area contributed by atoms with E-state index in [9.17, 15) is 19.2 Å². The summed E-state index contributed by atoms with van der Waals surface area (Å²) in [5.41, 5.74) is 0.313. The van der Waals surface area contributed by atoms with E-state index >= 15 is 0 Å². The largest absolute Gasteiger partial charge is 0.452 e. The van der Waals surface area contributed by atoms with Gasteiger partial charge in [-0.25, -0.2) is 4.98 Å². The second-order valence-corrected chi connectivity index (χ2v) is 7.40. The Hall–Kier alpha value is -2.48. The summed E-state index contributed by atoms with van der Waals surface area (Å²) in [6.07, 6.45) is 3.62. The second-order valence-electron chi connectivity index (χ2n) is 7.04. The molecule has 3 atom stereocenters. The molecule has 150 valence electrons. The number of fused-ring (bicyclic) bond motifs is 1. The molecule has 2 heterocycles. The SMILES string of the molecule is C[C@H](OC(=O)CCN1C(=O)[C@H]2CCCC[C@H]2C1=O)C(=O)Nc1cccnc1Cl. The van der Waals surface area contributed by atoms with Crippen molar-refractivity contribution in [2.75, 3.05) is 11.9 Å². The fourth-order valence-electron chi connectivity index (χ4n) is 3.68. The number of likely N-dealkylation sites (tertiary alicyclic amines) is 1. The zero-order chi connectivity index (χ0) is 20.3. The third-order valence-electron chi connectivity index (χ3n) is 5.17. The van der Waals surface area contributed by atoms with Crippen LogP contribution >= 0.6 is 11.6 Å². The molecule has 0 bridgehead atoms. The average molecular weight is 408 g/mol. The van der Waals surface area contributed by atoms with E-state index in [1.54, 1.807) is 12.1 Å². The van der Waals surface area contributed by atoms with E-state index in [2.05, 4.69) is 10.3 Å². The van der Waals surface area contributed by atoms with Gasteiger partial charge < -0.3 is 10.1 Å². The molecule has 1 saturated carbocycles. The van der Waals surface area contributed by atoms with Gasteiger partial charge in [0.05, 0.1) is 23.9 Å². The van der Waals surface area contributed by atoms with Crippen LogP contribution in [-0.2, 0) is 23.9 Å². The fourth-order valence-corrected chi connectivity index (χ4v) is 3.84. The van der Waals surface area contributed by atoms with E-state index in [-0.39, 0.29) is 41.8 Å². The maximum atomic E-state index is 12.4. The lowest BCUT2D eigenvalue weighted by Crippen LogP contribution is -2.35. The summed E-state index contributed by atoms with van der Waals surface area (Å²) in [6, 6.07) is 3.19. The summed E-state index contributed by atoms with van der Waals surface area (Å²) in [6.45, 7) is 1.41. The van der Waals surface area contributed by atoms with Crippen LogP contribution in [0, 0.1) is 11.8 Å². The van der Waals surface area contributed by atoms with E-state index in [4.69, 9.17) is 16.3 Å². The summed E-state index contributed by atoms with van der Waals surface area (Å²) in [7, 11) is 0. The van der Waals surface area contributed by atoms with Crippen molar-refractivity contribution in [1.29, 1.82) is 0 Å². The molecule has 3 rings (SSSR count). The molecule has 0 spiro atoms. The van der Waals surface area contributed by atoms with Gasteiger partial charge in [0.15, 0.2) is 11.3 Å². The van der Waals surface area contributed by atoms with Crippen LogP contribution in [0.1, 0.15) is 39.0 Å². The third-order valence-corrected chi connectivity index (χ3v) is 5.47. The molecular formula is C19H22ClN3O5. The van der Waals surface area contributed by atoms with E-state index in [1.165, 1.54) is 18.0 Å². The van der Waals surface area contributed by atoms with Crippen molar-refractivity contribution in [3.63, 3.8) is 0 Å². The molecule has 8 nitrogen and oxygen atoms in total. The molecule has 1 aromatic rings. The summed E-state index contributed by atoms with van der Waals surface area (Å²) in [4.78, 5) is 54.0. The number of pyridine rings is 1. The van der Waals surface area contributed by atoms with Gasteiger partial charge in [-0.1, -0.05) is 24.4 Å². The predicted molar refractivity (Wildman–Crippen MR) is 100 cm³/mol. The number of halogens is 1. The molecule has 0 unspecified atom stereocenters. The fraction of sp³-hybridized carbons (Fsp3) is 0.526. The first-order chi connectivity index (χ1) is 13.4. The summed E-state index contributed by atoms with van der Waals surface area (Å²) >= 11 is 5.88. The number of carbonyl (C=O) groups excluding carboxylic acids is 4. The topological polar surface area (TPSA) is 106 Å². The number of imide groups is 1. The maximum absolute atomic E-state index is 12.4. The summed E-state index contributed by atoms with van der Waals surface area (Å²) in [5, 5.41) is 2.66. The number of aromatic nitrogens is 1. The smallest absolute Gasteiger partial charge is 0.308 e. The molecule has 3 amide bonds. The Morgan fingerprint density at radius 1 is 1.29 bits per heavy atom. The first-order valence-corrected chi connectivity index (χ1v) is 9.72. The van der Waals surface area contributed by atoms with Crippen LogP contribution in [0.5, 0.6) is 0 Å². The zero-order valence-corrected chi connectivity index (χ0v) is 16.3. The Morgan fingerprint density at radius 2 is 1.93 bits per heavy atom. The highest BCUT2D eigenvalue weighted by Crippen LogP contribution is 2.37. The van der Waals surface area contributed by atoms with Gasteiger partial charge in [-0.3, -0.25) is 24.1 Å². The minimum atomic E-state index is -1.06. The third kappa shape index (κ3) is 4.32. The molecular weight excluding hydrogens is 386 g/mol. The minimum Gasteiger partial charge on any atom is -0.452 e. The number of esters is 1. The van der Waals surface area contributed by atoms with E-state index < -0.39 is 18.0 Å². The van der Waals surface area contributed by atoms with Gasteiger partial charge in [0.2, 0.25) is 11.8 Å². The highest BCUT2D eigenvalue weighted by molar-refractivity contribution is 6.32. The van der Waals surface area contributed by atoms with Crippen LogP contribution in [-0.4, -0.2) is 46.2 Å². The van der Waals surface area contributed by atoms with Gasteiger partial charge in [-0.15, -0.1) is 0 Å². The van der Waals surface area contributed by atoms with Crippen molar-refractivity contribution in [1.82, 2.24) is 9.88 Å². The number of hydrogen-bond acceptors (Lipinski definition) is 6. The zero-order valence-electron chi connectivity index (χ0n) is 15.5. The Kier molecular flexibility index (Phi) is 6.28. The lowest BCUT2D eigenvalue weighted by Gasteiger charge is -2.19. The summed E-state index contributed by atoms with van der Waals surface area (Å²) in [5.74, 6) is -2.09. The van der Waals surface area contributed by atoms with Crippen molar-refractivity contribution >= 4 is 41.0 Å². The van der Waals surface area contributed by atoms with E-state index in [0.29, 0.717) is 5.69 Å². The minimum absolute atomic E-state index is 0.0216. The Bertz CT molecular complexity index is 776. The van der Waals surface area contributed by atoms with Crippen molar-refractivity contribution in [2.45, 2.75) is 45.1 Å². The Balaban J connectivity index is 1.48. The molecule has 1 saturated heterocycles. The van der Waals surface area contributed by atoms with Crippen molar-refractivity contribution in [3.8, 4) is 0 Å². The molecule has 0 aromatic carbocycles. The molecule has 1 aliphatic carbocycles. The van der Waals surface area contributed by atoms with Gasteiger partial charge >= 0.3 is 5.97 Å². The second kappa shape index (κ2) is 8.68. The highest BCUT2D eigenvalue weighted by atomic mass is 35.5. The van der Waals surface area contributed by atoms with Crippen LogP contribution in [0.4, 0.5) is 5.69 Å². The Morgan fingerprint density at radius 3 is 2.54 bits per heavy atom. The normalized spacial score (nSPS) is 22.6. The van der Waals surface area contributed by atoms with E-state index in [1.807, 2.05) is 0 Å². The molecule has 2 fully saturated rings. The highest BCUT2D eigenvalue weighted by Gasteiger charge is 2.47. The average Bonchev–Trinajstić information content (AvgIpc) is 2.92. The van der Waals surface area contributed by atoms with E-state index in [0.717, 1.165) is 25.7 Å². The maximum Gasteiger partial charge on any atom is 0.308 e. The molecule has 28 heavy (non-hydrogen) atoms. The van der Waals surface area contributed by atoms with Crippen LogP contribution in [0.25, 0.3) is 0 Å². The molecule has 9 heteroatoms. The number of amides is 3. The van der Waals surface area contributed by atoms with Crippen LogP contribution in [0.15, 0.2) is 18.3 Å². The first kappa shape index (κ1) is 20.3. The van der Waals surface area contributed by atoms with Crippen LogP contribution in [0.2, 0.25) is 5.15 Å². The number of nitrogens with zero attached hydrogens (tertiary/aromatic N) is 2. The number of ether oxygens (including phenoxy) is 1. The van der Waals surface area contributed by atoms with Crippen LogP contribution < -0.4 is 5.32 Å². The standard InChI is InChI=1S/C19H22ClN3O5/c1-11(17(25)22-14-7-4-9-21-16(14)20)28-15(24)8-10-23-18(26)12-5-2-3-6-13(12)19(23)27/h4,7,9,11-13H,2-3,5-6,8,10H2,1H3,(H,22,25)/t11-,12-,13+/m0/s1. The van der Waals surface area contributed by atoms with Crippen molar-refractivity contribution < 1.29 is 23.9 Å². The predicted octanol–water partition coefficient (Wildman–Crippen LogP) is 2.17. The van der Waals surface area contributed by atoms with Crippen LogP contribution in [0.3, 0.4) is 0 Å². The van der Waals surface area contributed by atoms with Crippen molar-refractivity contribution in [3.05, 3.63) is 23.5 Å². The number of anilines is 1. The lowest BCUT2D eigenvalue weighted by atomic mass is 9.81.